The van der Waals surface area contributed by atoms with Gasteiger partial charge in [-0.2, -0.15) is 0 Å². The number of fused-ring (bicyclic) bond motifs is 1. The van der Waals surface area contributed by atoms with E-state index in [0.717, 1.165) is 24.0 Å². The van der Waals surface area contributed by atoms with Crippen molar-refractivity contribution in [3.63, 3.8) is 0 Å². The minimum absolute atomic E-state index is 0. The Morgan fingerprint density at radius 3 is 2.85 bits per heavy atom. The molecule has 1 atom stereocenters. The molecular formula is C9H10BrClFN. The highest BCUT2D eigenvalue weighted by molar-refractivity contribution is 9.10. The second-order valence-electron chi connectivity index (χ2n) is 3.07. The van der Waals surface area contributed by atoms with Gasteiger partial charge in [-0.15, -0.1) is 12.4 Å². The molecule has 1 aliphatic carbocycles. The summed E-state index contributed by atoms with van der Waals surface area (Å²) in [6, 6.07) is 3.35. The van der Waals surface area contributed by atoms with Crippen LogP contribution in [0.1, 0.15) is 23.6 Å². The molecule has 1 nitrogen and oxygen atoms in total. The number of benzene rings is 1. The van der Waals surface area contributed by atoms with Crippen molar-refractivity contribution in [2.45, 2.75) is 18.9 Å². The minimum atomic E-state index is -0.192. The number of rotatable bonds is 0. The van der Waals surface area contributed by atoms with Gasteiger partial charge < -0.3 is 5.73 Å². The van der Waals surface area contributed by atoms with Crippen LogP contribution in [-0.2, 0) is 6.42 Å². The molecule has 1 aliphatic rings. The van der Waals surface area contributed by atoms with Gasteiger partial charge >= 0.3 is 0 Å². The lowest BCUT2D eigenvalue weighted by atomic mass is 10.1. The Kier molecular flexibility index (Phi) is 3.33. The van der Waals surface area contributed by atoms with E-state index >= 15 is 0 Å². The highest BCUT2D eigenvalue weighted by atomic mass is 79.9. The third-order valence-electron chi connectivity index (χ3n) is 2.34. The predicted molar refractivity (Wildman–Crippen MR) is 56.6 cm³/mol. The van der Waals surface area contributed by atoms with Gasteiger partial charge in [0.25, 0.3) is 0 Å². The molecule has 1 aromatic carbocycles. The molecule has 72 valence electrons. The summed E-state index contributed by atoms with van der Waals surface area (Å²) in [6.07, 6.45) is 1.81. The zero-order valence-electron chi connectivity index (χ0n) is 6.89. The van der Waals surface area contributed by atoms with Crippen LogP contribution in [0, 0.1) is 5.82 Å². The molecule has 0 bridgehead atoms. The molecule has 0 amide bonds. The van der Waals surface area contributed by atoms with Gasteiger partial charge in [-0.3, -0.25) is 0 Å². The van der Waals surface area contributed by atoms with Crippen LogP contribution >= 0.6 is 28.3 Å². The van der Waals surface area contributed by atoms with Crippen LogP contribution in [-0.4, -0.2) is 0 Å². The van der Waals surface area contributed by atoms with E-state index in [-0.39, 0.29) is 24.3 Å². The van der Waals surface area contributed by atoms with Gasteiger partial charge in [0.1, 0.15) is 5.82 Å². The number of hydrogen-bond acceptors (Lipinski definition) is 1. The van der Waals surface area contributed by atoms with Crippen LogP contribution in [0.3, 0.4) is 0 Å². The van der Waals surface area contributed by atoms with Crippen LogP contribution in [0.25, 0.3) is 0 Å². The molecule has 0 aliphatic heterocycles. The molecule has 0 saturated carbocycles. The average Bonchev–Trinajstić information content (AvgIpc) is 2.41. The van der Waals surface area contributed by atoms with E-state index in [4.69, 9.17) is 5.73 Å². The van der Waals surface area contributed by atoms with E-state index < -0.39 is 0 Å². The van der Waals surface area contributed by atoms with Gasteiger partial charge in [-0.05, 0) is 46.0 Å². The van der Waals surface area contributed by atoms with Crippen molar-refractivity contribution in [1.29, 1.82) is 0 Å². The van der Waals surface area contributed by atoms with E-state index in [2.05, 4.69) is 15.9 Å². The molecule has 4 heteroatoms. The fourth-order valence-corrected chi connectivity index (χ4v) is 2.22. The van der Waals surface area contributed by atoms with E-state index in [9.17, 15) is 4.39 Å². The van der Waals surface area contributed by atoms with Crippen LogP contribution < -0.4 is 5.73 Å². The summed E-state index contributed by atoms with van der Waals surface area (Å²) in [5, 5.41) is 0. The summed E-state index contributed by atoms with van der Waals surface area (Å²) in [4.78, 5) is 0. The topological polar surface area (TPSA) is 26.0 Å². The molecule has 0 spiro atoms. The van der Waals surface area contributed by atoms with Gasteiger partial charge in [-0.1, -0.05) is 6.07 Å². The molecule has 0 saturated heterocycles. The molecular weight excluding hydrogens is 256 g/mol. The summed E-state index contributed by atoms with van der Waals surface area (Å²) in [6.45, 7) is 0. The van der Waals surface area contributed by atoms with Crippen molar-refractivity contribution >= 4 is 28.3 Å². The Balaban J connectivity index is 0.000000845. The third kappa shape index (κ3) is 1.73. The maximum Gasteiger partial charge on any atom is 0.137 e. The number of hydrogen-bond donors (Lipinski definition) is 1. The van der Waals surface area contributed by atoms with Gasteiger partial charge in [0.05, 0.1) is 4.47 Å². The second-order valence-corrected chi connectivity index (χ2v) is 3.87. The van der Waals surface area contributed by atoms with E-state index in [1.165, 1.54) is 6.07 Å². The Morgan fingerprint density at radius 2 is 2.15 bits per heavy atom. The summed E-state index contributed by atoms with van der Waals surface area (Å²) in [5.74, 6) is -0.192. The Bertz CT molecular complexity index is 330. The van der Waals surface area contributed by atoms with Gasteiger partial charge in [0.2, 0.25) is 0 Å². The Morgan fingerprint density at radius 1 is 1.46 bits per heavy atom. The summed E-state index contributed by atoms with van der Waals surface area (Å²) < 4.78 is 13.6. The molecule has 0 heterocycles. The van der Waals surface area contributed by atoms with Crippen molar-refractivity contribution in [2.24, 2.45) is 5.73 Å². The average molecular weight is 267 g/mol. The Labute approximate surface area is 91.0 Å². The zero-order chi connectivity index (χ0) is 8.72. The van der Waals surface area contributed by atoms with E-state index in [0.29, 0.717) is 4.47 Å². The van der Waals surface area contributed by atoms with Crippen molar-refractivity contribution in [3.8, 4) is 0 Å². The molecule has 1 unspecified atom stereocenters. The molecule has 0 radical (unpaired) electrons. The SMILES string of the molecule is Cl.NC1CCc2c1ccc(F)c2Br. The first-order valence-electron chi connectivity index (χ1n) is 3.92. The lowest BCUT2D eigenvalue weighted by molar-refractivity contribution is 0.618. The highest BCUT2D eigenvalue weighted by Crippen LogP contribution is 2.35. The van der Waals surface area contributed by atoms with E-state index in [1.807, 2.05) is 0 Å². The predicted octanol–water partition coefficient (Wildman–Crippen LogP) is 2.96. The first-order valence-corrected chi connectivity index (χ1v) is 4.72. The molecule has 2 rings (SSSR count). The van der Waals surface area contributed by atoms with Crippen molar-refractivity contribution in [2.75, 3.05) is 0 Å². The summed E-state index contributed by atoms with van der Waals surface area (Å²) in [7, 11) is 0. The Hall–Kier alpha value is -0.120. The molecule has 0 aromatic heterocycles. The summed E-state index contributed by atoms with van der Waals surface area (Å²) in [5.41, 5.74) is 7.95. The second kappa shape index (κ2) is 3.95. The van der Waals surface area contributed by atoms with Crippen molar-refractivity contribution < 1.29 is 4.39 Å². The smallest absolute Gasteiger partial charge is 0.137 e. The fourth-order valence-electron chi connectivity index (χ4n) is 1.66. The third-order valence-corrected chi connectivity index (χ3v) is 3.19. The summed E-state index contributed by atoms with van der Waals surface area (Å²) >= 11 is 3.23. The van der Waals surface area contributed by atoms with Crippen LogP contribution in [0.2, 0.25) is 0 Å². The van der Waals surface area contributed by atoms with Crippen LogP contribution in [0.4, 0.5) is 4.39 Å². The first kappa shape index (κ1) is 11.0. The van der Waals surface area contributed by atoms with Gasteiger partial charge in [0.15, 0.2) is 0 Å². The van der Waals surface area contributed by atoms with Crippen LogP contribution in [0.5, 0.6) is 0 Å². The zero-order valence-corrected chi connectivity index (χ0v) is 9.29. The first-order chi connectivity index (χ1) is 5.70. The molecule has 2 N–H and O–H groups in total. The van der Waals surface area contributed by atoms with E-state index in [1.54, 1.807) is 6.07 Å². The standard InChI is InChI=1S/C9H9BrFN.ClH/c10-9-6-2-4-8(12)5(6)1-3-7(9)11;/h1,3,8H,2,4,12H2;1H. The lowest BCUT2D eigenvalue weighted by Gasteiger charge is -2.05. The lowest BCUT2D eigenvalue weighted by Crippen LogP contribution is -2.05. The largest absolute Gasteiger partial charge is 0.324 e. The molecule has 13 heavy (non-hydrogen) atoms. The maximum absolute atomic E-state index is 13.0. The van der Waals surface area contributed by atoms with Crippen molar-refractivity contribution in [3.05, 3.63) is 33.5 Å². The van der Waals surface area contributed by atoms with Crippen molar-refractivity contribution in [1.82, 2.24) is 0 Å². The van der Waals surface area contributed by atoms with Gasteiger partial charge in [0, 0.05) is 6.04 Å². The maximum atomic E-state index is 13.0. The minimum Gasteiger partial charge on any atom is -0.324 e. The molecule has 0 fully saturated rings. The number of nitrogens with two attached hydrogens (primary N) is 1. The molecule has 1 aromatic rings. The quantitative estimate of drug-likeness (QED) is 0.768. The fraction of sp³-hybridized carbons (Fsp3) is 0.333. The van der Waals surface area contributed by atoms with Gasteiger partial charge in [-0.25, -0.2) is 4.39 Å². The number of halogens is 3. The van der Waals surface area contributed by atoms with Crippen LogP contribution in [0.15, 0.2) is 16.6 Å². The monoisotopic (exact) mass is 265 g/mol. The normalized spacial score (nSPS) is 19.5. The highest BCUT2D eigenvalue weighted by Gasteiger charge is 2.22.